The number of carbonyl (C=O) groups is 1. The summed E-state index contributed by atoms with van der Waals surface area (Å²) >= 11 is 0. The van der Waals surface area contributed by atoms with Crippen LogP contribution in [0.5, 0.6) is 23.1 Å². The molecule has 0 saturated heterocycles. The third-order valence-electron chi connectivity index (χ3n) is 5.10. The van der Waals surface area contributed by atoms with Gasteiger partial charge in [-0.25, -0.2) is 9.97 Å². The van der Waals surface area contributed by atoms with E-state index in [1.807, 2.05) is 39.1 Å². The van der Waals surface area contributed by atoms with Crippen LogP contribution in [-0.2, 0) is 11.2 Å². The number of hydrogen-bond donors (Lipinski definition) is 1. The molecule has 2 heterocycles. The van der Waals surface area contributed by atoms with Crippen LogP contribution in [0, 0.1) is 0 Å². The van der Waals surface area contributed by atoms with Crippen LogP contribution >= 0.6 is 0 Å². The predicted octanol–water partition coefficient (Wildman–Crippen LogP) is 4.79. The Kier molecular flexibility index (Phi) is 6.91. The Morgan fingerprint density at radius 3 is 2.59 bits per heavy atom. The quantitative estimate of drug-likeness (QED) is 0.382. The zero-order chi connectivity index (χ0) is 24.1. The smallest absolute Gasteiger partial charge is 0.230 e. The van der Waals surface area contributed by atoms with E-state index in [0.717, 1.165) is 5.56 Å². The van der Waals surface area contributed by atoms with Gasteiger partial charge in [0.05, 0.1) is 42.9 Å². The topological polar surface area (TPSA) is 100 Å². The standard InChI is InChI=1S/C25H27N5O4/c1-5-33-23-12-21-20(11-22(23)32-4)25(27-15-26-21)34-19-8-6-17(7-9-19)10-24(31)29-18-13-28-30(14-18)16(2)3/h6-9,11-16H,5,10H2,1-4H3,(H,29,31). The number of benzene rings is 2. The molecule has 0 aliphatic rings. The molecule has 4 aromatic rings. The van der Waals surface area contributed by atoms with Crippen molar-refractivity contribution in [2.24, 2.45) is 0 Å². The average Bonchev–Trinajstić information content (AvgIpc) is 3.29. The maximum atomic E-state index is 12.4. The van der Waals surface area contributed by atoms with Crippen molar-refractivity contribution in [3.8, 4) is 23.1 Å². The van der Waals surface area contributed by atoms with Gasteiger partial charge in [-0.1, -0.05) is 12.1 Å². The minimum absolute atomic E-state index is 0.115. The molecular weight excluding hydrogens is 434 g/mol. The molecule has 4 rings (SSSR count). The predicted molar refractivity (Wildman–Crippen MR) is 129 cm³/mol. The largest absolute Gasteiger partial charge is 0.493 e. The van der Waals surface area contributed by atoms with Gasteiger partial charge in [-0.3, -0.25) is 9.48 Å². The minimum atomic E-state index is -0.115. The van der Waals surface area contributed by atoms with E-state index in [0.29, 0.717) is 46.3 Å². The summed E-state index contributed by atoms with van der Waals surface area (Å²) in [7, 11) is 1.58. The van der Waals surface area contributed by atoms with Gasteiger partial charge in [-0.2, -0.15) is 5.10 Å². The van der Waals surface area contributed by atoms with E-state index < -0.39 is 0 Å². The van der Waals surface area contributed by atoms with Crippen LogP contribution in [0.1, 0.15) is 32.4 Å². The molecule has 0 unspecified atom stereocenters. The first-order chi connectivity index (χ1) is 16.5. The van der Waals surface area contributed by atoms with Gasteiger partial charge in [0.2, 0.25) is 11.8 Å². The number of aromatic nitrogens is 4. The van der Waals surface area contributed by atoms with E-state index in [9.17, 15) is 4.79 Å². The second kappa shape index (κ2) is 10.2. The number of nitrogens with one attached hydrogen (secondary N) is 1. The van der Waals surface area contributed by atoms with Gasteiger partial charge in [0.25, 0.3) is 0 Å². The van der Waals surface area contributed by atoms with Crippen LogP contribution in [0.15, 0.2) is 55.1 Å². The van der Waals surface area contributed by atoms with Crippen molar-refractivity contribution in [3.63, 3.8) is 0 Å². The molecule has 2 aromatic carbocycles. The van der Waals surface area contributed by atoms with E-state index in [1.165, 1.54) is 6.33 Å². The van der Waals surface area contributed by atoms with Crippen LogP contribution in [0.25, 0.3) is 10.9 Å². The molecule has 9 heteroatoms. The molecule has 0 atom stereocenters. The van der Waals surface area contributed by atoms with Crippen LogP contribution < -0.4 is 19.5 Å². The van der Waals surface area contributed by atoms with Gasteiger partial charge in [-0.05, 0) is 44.5 Å². The van der Waals surface area contributed by atoms with Gasteiger partial charge in [0, 0.05) is 18.3 Å². The molecule has 0 aliphatic heterocycles. The molecule has 2 aromatic heterocycles. The zero-order valence-corrected chi connectivity index (χ0v) is 19.6. The molecule has 176 valence electrons. The van der Waals surface area contributed by atoms with Gasteiger partial charge in [0.1, 0.15) is 12.1 Å². The van der Waals surface area contributed by atoms with Gasteiger partial charge >= 0.3 is 0 Å². The Labute approximate surface area is 197 Å². The van der Waals surface area contributed by atoms with E-state index in [4.69, 9.17) is 14.2 Å². The van der Waals surface area contributed by atoms with Crippen molar-refractivity contribution in [1.82, 2.24) is 19.7 Å². The number of hydrogen-bond acceptors (Lipinski definition) is 7. The number of fused-ring (bicyclic) bond motifs is 1. The Morgan fingerprint density at radius 1 is 1.12 bits per heavy atom. The number of nitrogens with zero attached hydrogens (tertiary/aromatic N) is 4. The number of rotatable bonds is 9. The van der Waals surface area contributed by atoms with Crippen LogP contribution in [0.2, 0.25) is 0 Å². The van der Waals surface area contributed by atoms with E-state index in [-0.39, 0.29) is 18.4 Å². The van der Waals surface area contributed by atoms with Crippen molar-refractivity contribution in [1.29, 1.82) is 0 Å². The van der Waals surface area contributed by atoms with Crippen molar-refractivity contribution in [3.05, 3.63) is 60.7 Å². The molecule has 0 aliphatic carbocycles. The molecule has 1 N–H and O–H groups in total. The second-order valence-corrected chi connectivity index (χ2v) is 7.91. The lowest BCUT2D eigenvalue weighted by molar-refractivity contribution is -0.115. The lowest BCUT2D eigenvalue weighted by atomic mass is 10.1. The van der Waals surface area contributed by atoms with Gasteiger partial charge in [0.15, 0.2) is 11.5 Å². The SMILES string of the molecule is CCOc1cc2ncnc(Oc3ccc(CC(=O)Nc4cnn(C(C)C)c4)cc3)c2cc1OC. The molecule has 0 bridgehead atoms. The number of amides is 1. The maximum Gasteiger partial charge on any atom is 0.230 e. The highest BCUT2D eigenvalue weighted by Gasteiger charge is 2.13. The number of anilines is 1. The highest BCUT2D eigenvalue weighted by atomic mass is 16.5. The molecule has 0 saturated carbocycles. The summed E-state index contributed by atoms with van der Waals surface area (Å²) in [5.74, 6) is 2.07. The summed E-state index contributed by atoms with van der Waals surface area (Å²) in [4.78, 5) is 21.0. The Hall–Kier alpha value is -4.14. The first-order valence-corrected chi connectivity index (χ1v) is 11.0. The lowest BCUT2D eigenvalue weighted by Gasteiger charge is -2.12. The Bertz CT molecular complexity index is 1280. The van der Waals surface area contributed by atoms with Crippen molar-refractivity contribution < 1.29 is 19.0 Å². The molecule has 1 amide bonds. The molecule has 0 spiro atoms. The van der Waals surface area contributed by atoms with Crippen molar-refractivity contribution in [2.45, 2.75) is 33.2 Å². The van der Waals surface area contributed by atoms with Crippen LogP contribution in [-0.4, -0.2) is 39.4 Å². The lowest BCUT2D eigenvalue weighted by Crippen LogP contribution is -2.14. The third-order valence-corrected chi connectivity index (χ3v) is 5.10. The summed E-state index contributed by atoms with van der Waals surface area (Å²) in [6, 6.07) is 11.2. The van der Waals surface area contributed by atoms with Crippen LogP contribution in [0.3, 0.4) is 0 Å². The molecule has 0 radical (unpaired) electrons. The summed E-state index contributed by atoms with van der Waals surface area (Å²) in [6.07, 6.45) is 5.14. The number of methoxy groups -OCH3 is 1. The van der Waals surface area contributed by atoms with E-state index >= 15 is 0 Å². The average molecular weight is 462 g/mol. The summed E-state index contributed by atoms with van der Waals surface area (Å²) in [5.41, 5.74) is 2.22. The number of ether oxygens (including phenoxy) is 3. The first-order valence-electron chi connectivity index (χ1n) is 11.0. The molecule has 0 fully saturated rings. The summed E-state index contributed by atoms with van der Waals surface area (Å²) in [6.45, 7) is 6.48. The zero-order valence-electron chi connectivity index (χ0n) is 19.6. The second-order valence-electron chi connectivity index (χ2n) is 7.91. The molecule has 9 nitrogen and oxygen atoms in total. The maximum absolute atomic E-state index is 12.4. The highest BCUT2D eigenvalue weighted by molar-refractivity contribution is 5.92. The fraction of sp³-hybridized carbons (Fsp3) is 0.280. The van der Waals surface area contributed by atoms with E-state index in [1.54, 1.807) is 42.3 Å². The van der Waals surface area contributed by atoms with Crippen molar-refractivity contribution in [2.75, 3.05) is 19.0 Å². The fourth-order valence-electron chi connectivity index (χ4n) is 3.41. The summed E-state index contributed by atoms with van der Waals surface area (Å²) in [5, 5.41) is 7.81. The van der Waals surface area contributed by atoms with E-state index in [2.05, 4.69) is 20.4 Å². The molecule has 34 heavy (non-hydrogen) atoms. The normalized spacial score (nSPS) is 11.0. The Balaban J connectivity index is 1.45. The number of carbonyl (C=O) groups excluding carboxylic acids is 1. The van der Waals surface area contributed by atoms with Crippen molar-refractivity contribution >= 4 is 22.5 Å². The monoisotopic (exact) mass is 461 g/mol. The summed E-state index contributed by atoms with van der Waals surface area (Å²) < 4.78 is 18.9. The molecular formula is C25H27N5O4. The van der Waals surface area contributed by atoms with Gasteiger partial charge in [-0.15, -0.1) is 0 Å². The Morgan fingerprint density at radius 2 is 1.91 bits per heavy atom. The third kappa shape index (κ3) is 5.25. The minimum Gasteiger partial charge on any atom is -0.493 e. The van der Waals surface area contributed by atoms with Crippen LogP contribution in [0.4, 0.5) is 5.69 Å². The van der Waals surface area contributed by atoms with Gasteiger partial charge < -0.3 is 19.5 Å². The highest BCUT2D eigenvalue weighted by Crippen LogP contribution is 2.36. The first kappa shape index (κ1) is 23.0. The fourth-order valence-corrected chi connectivity index (χ4v) is 3.41.